The molecule has 1 atom stereocenters. The quantitative estimate of drug-likeness (QED) is 0.704. The van der Waals surface area contributed by atoms with Gasteiger partial charge in [-0.05, 0) is 42.3 Å². The Kier molecular flexibility index (Phi) is 6.29. The third kappa shape index (κ3) is 5.18. The van der Waals surface area contributed by atoms with Crippen LogP contribution in [-0.4, -0.2) is 24.6 Å². The second kappa shape index (κ2) is 8.64. The Morgan fingerprint density at radius 3 is 1.76 bits per heavy atom. The van der Waals surface area contributed by atoms with Gasteiger partial charge in [-0.15, -0.1) is 0 Å². The molecule has 0 aromatic heterocycles. The summed E-state index contributed by atoms with van der Waals surface area (Å²) in [5, 5.41) is 0. The molecule has 4 heteroatoms. The molecule has 0 saturated carbocycles. The summed E-state index contributed by atoms with van der Waals surface area (Å²) in [7, 11) is 0. The number of ether oxygens (including phenoxy) is 2. The number of carbonyl (C=O) groups excluding carboxylic acids is 2. The molecule has 0 fully saturated rings. The van der Waals surface area contributed by atoms with Crippen LogP contribution in [-0.2, 0) is 9.47 Å². The monoisotopic (exact) mass is 336 g/mol. The van der Waals surface area contributed by atoms with E-state index in [0.29, 0.717) is 11.1 Å². The third-order valence-electron chi connectivity index (χ3n) is 3.52. The highest BCUT2D eigenvalue weighted by Crippen LogP contribution is 2.10. The maximum Gasteiger partial charge on any atom is 0.338 e. The first-order chi connectivity index (χ1) is 12.0. The minimum Gasteiger partial charge on any atom is -0.458 e. The van der Waals surface area contributed by atoms with E-state index in [9.17, 15) is 9.59 Å². The zero-order chi connectivity index (χ0) is 18.2. The lowest BCUT2D eigenvalue weighted by Gasteiger charge is -2.14. The van der Waals surface area contributed by atoms with Gasteiger partial charge in [0.05, 0.1) is 11.1 Å². The van der Waals surface area contributed by atoms with Gasteiger partial charge < -0.3 is 9.47 Å². The summed E-state index contributed by atoms with van der Waals surface area (Å²) in [5.41, 5.74) is 2.70. The number of hydrogen-bond acceptors (Lipinski definition) is 4. The van der Waals surface area contributed by atoms with Crippen molar-refractivity contribution in [1.82, 2.24) is 0 Å². The van der Waals surface area contributed by atoms with Gasteiger partial charge in [0.25, 0.3) is 0 Å². The molecular weight excluding hydrogens is 316 g/mol. The number of benzene rings is 2. The molecule has 0 N–H and O–H groups in total. The largest absolute Gasteiger partial charge is 0.458 e. The molecule has 0 heterocycles. The Bertz CT molecular complexity index is 757. The molecule has 25 heavy (non-hydrogen) atoms. The second-order valence-corrected chi connectivity index (χ2v) is 5.47. The maximum atomic E-state index is 12.0. The predicted molar refractivity (Wildman–Crippen MR) is 98.2 cm³/mol. The van der Waals surface area contributed by atoms with Crippen LogP contribution in [0.2, 0.25) is 0 Å². The SMILES string of the molecule is C=Cc1ccc(C(=O)OC[C@H](C)OC(=O)c2ccc(C=C)cc2)cc1. The van der Waals surface area contributed by atoms with Gasteiger partial charge in [0.15, 0.2) is 0 Å². The summed E-state index contributed by atoms with van der Waals surface area (Å²) in [6, 6.07) is 13.8. The molecule has 0 aliphatic carbocycles. The molecule has 2 rings (SSSR count). The van der Waals surface area contributed by atoms with Crippen LogP contribution >= 0.6 is 0 Å². The Labute approximate surface area is 147 Å². The zero-order valence-corrected chi connectivity index (χ0v) is 14.1. The van der Waals surface area contributed by atoms with E-state index in [1.807, 2.05) is 0 Å². The van der Waals surface area contributed by atoms with Crippen LogP contribution in [0.1, 0.15) is 38.8 Å². The van der Waals surface area contributed by atoms with Crippen molar-refractivity contribution in [1.29, 1.82) is 0 Å². The van der Waals surface area contributed by atoms with Gasteiger partial charge in [-0.3, -0.25) is 0 Å². The molecule has 128 valence electrons. The molecular formula is C21H20O4. The topological polar surface area (TPSA) is 52.6 Å². The molecule has 0 aliphatic rings. The first-order valence-electron chi connectivity index (χ1n) is 7.86. The standard InChI is InChI=1S/C21H20O4/c1-4-16-6-10-18(11-7-16)20(22)24-14-15(3)25-21(23)19-12-8-17(5-2)9-13-19/h4-13,15H,1-2,14H2,3H3/t15-/m0/s1. The number of hydrogen-bond donors (Lipinski definition) is 0. The highest BCUT2D eigenvalue weighted by Gasteiger charge is 2.15. The van der Waals surface area contributed by atoms with Gasteiger partial charge in [-0.1, -0.05) is 49.6 Å². The fourth-order valence-corrected chi connectivity index (χ4v) is 2.07. The number of rotatable bonds is 7. The van der Waals surface area contributed by atoms with E-state index >= 15 is 0 Å². The molecule has 0 unspecified atom stereocenters. The summed E-state index contributed by atoms with van der Waals surface area (Å²) >= 11 is 0. The van der Waals surface area contributed by atoms with E-state index in [2.05, 4.69) is 13.2 Å². The predicted octanol–water partition coefficient (Wildman–Crippen LogP) is 4.37. The Morgan fingerprint density at radius 1 is 0.880 bits per heavy atom. The number of esters is 2. The van der Waals surface area contributed by atoms with Gasteiger partial charge in [-0.2, -0.15) is 0 Å². The minimum absolute atomic E-state index is 0.0154. The van der Waals surface area contributed by atoms with Gasteiger partial charge >= 0.3 is 11.9 Å². The molecule has 0 amide bonds. The van der Waals surface area contributed by atoms with Gasteiger partial charge in [0, 0.05) is 0 Å². The molecule has 2 aromatic carbocycles. The van der Waals surface area contributed by atoms with Gasteiger partial charge in [0.2, 0.25) is 0 Å². The third-order valence-corrected chi connectivity index (χ3v) is 3.52. The van der Waals surface area contributed by atoms with Crippen molar-refractivity contribution in [3.8, 4) is 0 Å². The summed E-state index contributed by atoms with van der Waals surface area (Å²) < 4.78 is 10.5. The van der Waals surface area contributed by atoms with E-state index in [-0.39, 0.29) is 6.61 Å². The summed E-state index contributed by atoms with van der Waals surface area (Å²) in [6.07, 6.45) is 2.83. The van der Waals surface area contributed by atoms with Crippen molar-refractivity contribution in [2.24, 2.45) is 0 Å². The Balaban J connectivity index is 1.85. The Hall–Kier alpha value is -3.14. The summed E-state index contributed by atoms with van der Waals surface area (Å²) in [6.45, 7) is 8.97. The first-order valence-corrected chi connectivity index (χ1v) is 7.86. The van der Waals surface area contributed by atoms with Crippen molar-refractivity contribution in [3.63, 3.8) is 0 Å². The fourth-order valence-electron chi connectivity index (χ4n) is 2.07. The van der Waals surface area contributed by atoms with E-state index in [1.165, 1.54) is 0 Å². The van der Waals surface area contributed by atoms with Crippen LogP contribution in [0.15, 0.2) is 61.7 Å². The van der Waals surface area contributed by atoms with Crippen LogP contribution in [0.3, 0.4) is 0 Å². The van der Waals surface area contributed by atoms with Crippen molar-refractivity contribution >= 4 is 24.1 Å². The zero-order valence-electron chi connectivity index (χ0n) is 14.1. The molecule has 0 saturated heterocycles. The van der Waals surface area contributed by atoms with Crippen LogP contribution in [0.25, 0.3) is 12.2 Å². The van der Waals surface area contributed by atoms with Crippen molar-refractivity contribution in [3.05, 3.63) is 83.9 Å². The maximum absolute atomic E-state index is 12.0. The van der Waals surface area contributed by atoms with E-state index in [1.54, 1.807) is 67.6 Å². The number of carbonyl (C=O) groups is 2. The highest BCUT2D eigenvalue weighted by atomic mass is 16.6. The smallest absolute Gasteiger partial charge is 0.338 e. The summed E-state index contributed by atoms with van der Waals surface area (Å²) in [5.74, 6) is -0.927. The van der Waals surface area contributed by atoms with Crippen molar-refractivity contribution < 1.29 is 19.1 Å². The first kappa shape index (κ1) is 18.2. The lowest BCUT2D eigenvalue weighted by Crippen LogP contribution is -2.22. The molecule has 0 spiro atoms. The van der Waals surface area contributed by atoms with Crippen LogP contribution in [0.4, 0.5) is 0 Å². The van der Waals surface area contributed by atoms with E-state index < -0.39 is 18.0 Å². The van der Waals surface area contributed by atoms with E-state index in [0.717, 1.165) is 11.1 Å². The Morgan fingerprint density at radius 2 is 1.32 bits per heavy atom. The van der Waals surface area contributed by atoms with Crippen molar-refractivity contribution in [2.45, 2.75) is 13.0 Å². The van der Waals surface area contributed by atoms with Crippen LogP contribution in [0, 0.1) is 0 Å². The average Bonchev–Trinajstić information content (AvgIpc) is 2.66. The molecule has 0 radical (unpaired) electrons. The lowest BCUT2D eigenvalue weighted by molar-refractivity contribution is 0.00448. The van der Waals surface area contributed by atoms with E-state index in [4.69, 9.17) is 9.47 Å². The van der Waals surface area contributed by atoms with Crippen LogP contribution < -0.4 is 0 Å². The van der Waals surface area contributed by atoms with Gasteiger partial charge in [-0.25, -0.2) is 9.59 Å². The fraction of sp³-hybridized carbons (Fsp3) is 0.143. The van der Waals surface area contributed by atoms with Crippen molar-refractivity contribution in [2.75, 3.05) is 6.61 Å². The average molecular weight is 336 g/mol. The highest BCUT2D eigenvalue weighted by molar-refractivity contribution is 5.90. The molecule has 0 aliphatic heterocycles. The normalized spacial score (nSPS) is 11.2. The van der Waals surface area contributed by atoms with Crippen LogP contribution in [0.5, 0.6) is 0 Å². The molecule has 4 nitrogen and oxygen atoms in total. The molecule has 2 aromatic rings. The second-order valence-electron chi connectivity index (χ2n) is 5.47. The lowest BCUT2D eigenvalue weighted by atomic mass is 10.1. The summed E-state index contributed by atoms with van der Waals surface area (Å²) in [4.78, 5) is 24.0. The minimum atomic E-state index is -0.553. The molecule has 0 bridgehead atoms. The van der Waals surface area contributed by atoms with Gasteiger partial charge in [0.1, 0.15) is 12.7 Å².